The van der Waals surface area contributed by atoms with Crippen molar-refractivity contribution in [2.45, 2.75) is 51.6 Å². The highest BCUT2D eigenvalue weighted by atomic mass is 19.4. The molecule has 0 radical (unpaired) electrons. The van der Waals surface area contributed by atoms with Crippen LogP contribution in [0.5, 0.6) is 0 Å². The van der Waals surface area contributed by atoms with Crippen LogP contribution in [0.25, 0.3) is 0 Å². The molecule has 9 heteroatoms. The smallest absolute Gasteiger partial charge is 0.416 e. The predicted octanol–water partition coefficient (Wildman–Crippen LogP) is 3.38. The summed E-state index contributed by atoms with van der Waals surface area (Å²) in [6, 6.07) is 5.11. The lowest BCUT2D eigenvalue weighted by molar-refractivity contribution is -0.137. The highest BCUT2D eigenvalue weighted by Gasteiger charge is 2.30. The zero-order valence-corrected chi connectivity index (χ0v) is 16.6. The number of halogens is 3. The molecule has 0 aliphatic carbocycles. The van der Waals surface area contributed by atoms with E-state index in [1.54, 1.807) is 33.9 Å². The van der Waals surface area contributed by atoms with Crippen LogP contribution in [-0.2, 0) is 17.5 Å². The minimum Gasteiger partial charge on any atom is -0.444 e. The van der Waals surface area contributed by atoms with Crippen molar-refractivity contribution in [2.75, 3.05) is 20.1 Å². The van der Waals surface area contributed by atoms with E-state index in [1.807, 2.05) is 4.90 Å². The molecule has 1 atom stereocenters. The van der Waals surface area contributed by atoms with Gasteiger partial charge >= 0.3 is 12.3 Å². The molecule has 1 heterocycles. The van der Waals surface area contributed by atoms with Gasteiger partial charge in [-0.3, -0.25) is 4.99 Å². The Kier molecular flexibility index (Phi) is 6.79. The normalized spacial score (nSPS) is 18.2. The van der Waals surface area contributed by atoms with Crippen LogP contribution in [0.3, 0.4) is 0 Å². The number of alkyl carbamates (subject to hydrolysis) is 1. The number of ether oxygens (including phenoxy) is 1. The van der Waals surface area contributed by atoms with E-state index in [9.17, 15) is 18.0 Å². The molecule has 0 saturated carbocycles. The summed E-state index contributed by atoms with van der Waals surface area (Å²) in [5, 5.41) is 5.91. The second-order valence-electron chi connectivity index (χ2n) is 7.68. The van der Waals surface area contributed by atoms with Gasteiger partial charge in [0.25, 0.3) is 0 Å². The number of likely N-dealkylation sites (tertiary alicyclic amines) is 1. The van der Waals surface area contributed by atoms with Crippen molar-refractivity contribution in [1.82, 2.24) is 15.5 Å². The molecule has 28 heavy (non-hydrogen) atoms. The van der Waals surface area contributed by atoms with Crippen molar-refractivity contribution in [3.05, 3.63) is 35.4 Å². The van der Waals surface area contributed by atoms with Crippen LogP contribution in [0.4, 0.5) is 18.0 Å². The van der Waals surface area contributed by atoms with Crippen molar-refractivity contribution >= 4 is 12.1 Å². The monoisotopic (exact) mass is 400 g/mol. The summed E-state index contributed by atoms with van der Waals surface area (Å²) in [5.74, 6) is 0.575. The number of nitrogens with one attached hydrogen (secondary N) is 2. The second-order valence-corrected chi connectivity index (χ2v) is 7.68. The quantitative estimate of drug-likeness (QED) is 0.603. The van der Waals surface area contributed by atoms with E-state index in [2.05, 4.69) is 15.6 Å². The lowest BCUT2D eigenvalue weighted by Gasteiger charge is -2.23. The molecule has 2 N–H and O–H groups in total. The van der Waals surface area contributed by atoms with Crippen LogP contribution in [0.1, 0.15) is 38.3 Å². The molecule has 0 aromatic heterocycles. The van der Waals surface area contributed by atoms with Gasteiger partial charge in [0, 0.05) is 26.7 Å². The van der Waals surface area contributed by atoms with Gasteiger partial charge in [-0.2, -0.15) is 13.2 Å². The van der Waals surface area contributed by atoms with Crippen molar-refractivity contribution in [3.8, 4) is 0 Å². The Morgan fingerprint density at radius 2 is 2.04 bits per heavy atom. The van der Waals surface area contributed by atoms with Gasteiger partial charge in [-0.25, -0.2) is 4.79 Å². The third-order valence-electron chi connectivity index (χ3n) is 4.13. The first-order valence-corrected chi connectivity index (χ1v) is 9.09. The van der Waals surface area contributed by atoms with Gasteiger partial charge in [-0.15, -0.1) is 0 Å². The fraction of sp³-hybridized carbons (Fsp3) is 0.579. The fourth-order valence-corrected chi connectivity index (χ4v) is 2.92. The Morgan fingerprint density at radius 3 is 2.64 bits per heavy atom. The highest BCUT2D eigenvalue weighted by Crippen LogP contribution is 2.29. The number of alkyl halides is 3. The summed E-state index contributed by atoms with van der Waals surface area (Å²) in [4.78, 5) is 18.0. The maximum Gasteiger partial charge on any atom is 0.416 e. The molecule has 1 aromatic rings. The van der Waals surface area contributed by atoms with Gasteiger partial charge < -0.3 is 20.3 Å². The molecule has 0 bridgehead atoms. The van der Waals surface area contributed by atoms with Gasteiger partial charge in [-0.05, 0) is 44.9 Å². The molecule has 6 nitrogen and oxygen atoms in total. The minimum absolute atomic E-state index is 0.0815. The predicted molar refractivity (Wildman–Crippen MR) is 101 cm³/mol. The number of aliphatic imine (C=N–C) groups is 1. The molecule has 1 unspecified atom stereocenters. The Labute approximate surface area is 163 Å². The molecule has 1 saturated heterocycles. The molecule has 1 fully saturated rings. The second kappa shape index (κ2) is 8.70. The van der Waals surface area contributed by atoms with Gasteiger partial charge in [0.2, 0.25) is 0 Å². The van der Waals surface area contributed by atoms with E-state index in [1.165, 1.54) is 6.07 Å². The van der Waals surface area contributed by atoms with E-state index in [0.29, 0.717) is 24.6 Å². The number of carbonyl (C=O) groups excluding carboxylic acids is 1. The number of hydrogen-bond acceptors (Lipinski definition) is 3. The zero-order valence-electron chi connectivity index (χ0n) is 16.6. The molecular weight excluding hydrogens is 373 g/mol. The molecule has 156 valence electrons. The first-order valence-electron chi connectivity index (χ1n) is 9.09. The Bertz CT molecular complexity index is 714. The Hall–Kier alpha value is -2.45. The number of nitrogens with zero attached hydrogens (tertiary/aromatic N) is 2. The van der Waals surface area contributed by atoms with Crippen molar-refractivity contribution in [1.29, 1.82) is 0 Å². The van der Waals surface area contributed by atoms with Crippen molar-refractivity contribution in [3.63, 3.8) is 0 Å². The third kappa shape index (κ3) is 6.61. The average molecular weight is 400 g/mol. The third-order valence-corrected chi connectivity index (χ3v) is 4.13. The summed E-state index contributed by atoms with van der Waals surface area (Å²) in [6.45, 7) is 6.83. The molecular formula is C19H27F3N4O2. The lowest BCUT2D eigenvalue weighted by Crippen LogP contribution is -2.44. The molecule has 1 aromatic carbocycles. The van der Waals surface area contributed by atoms with Gasteiger partial charge in [-0.1, -0.05) is 12.1 Å². The van der Waals surface area contributed by atoms with Gasteiger partial charge in [0.15, 0.2) is 5.96 Å². The number of carbonyl (C=O) groups is 1. The average Bonchev–Trinajstić information content (AvgIpc) is 3.01. The number of hydrogen-bond donors (Lipinski definition) is 2. The summed E-state index contributed by atoms with van der Waals surface area (Å²) in [7, 11) is 1.61. The number of benzene rings is 1. The summed E-state index contributed by atoms with van der Waals surface area (Å²) in [5.41, 5.74) is -0.728. The summed E-state index contributed by atoms with van der Waals surface area (Å²) in [6.07, 6.45) is -4.11. The van der Waals surface area contributed by atoms with Crippen LogP contribution in [0, 0.1) is 0 Å². The van der Waals surface area contributed by atoms with Crippen LogP contribution in [-0.4, -0.2) is 48.7 Å². The number of guanidine groups is 1. The molecule has 1 aliphatic heterocycles. The van der Waals surface area contributed by atoms with E-state index in [-0.39, 0.29) is 12.6 Å². The summed E-state index contributed by atoms with van der Waals surface area (Å²) < 4.78 is 43.8. The molecule has 2 rings (SSSR count). The molecule has 0 spiro atoms. The first-order chi connectivity index (χ1) is 13.0. The van der Waals surface area contributed by atoms with Crippen LogP contribution in [0.15, 0.2) is 29.3 Å². The fourth-order valence-electron chi connectivity index (χ4n) is 2.92. The van der Waals surface area contributed by atoms with E-state index >= 15 is 0 Å². The maximum absolute atomic E-state index is 12.8. The number of rotatable bonds is 3. The molecule has 1 amide bonds. The van der Waals surface area contributed by atoms with Gasteiger partial charge in [0.05, 0.1) is 11.6 Å². The van der Waals surface area contributed by atoms with Crippen LogP contribution >= 0.6 is 0 Å². The lowest BCUT2D eigenvalue weighted by atomic mass is 10.1. The standard InChI is InChI=1S/C19H27F3N4O2/c1-18(2,3)28-17(27)25-15-8-9-26(12-15)16(23-4)24-11-13-6-5-7-14(10-13)19(20,21)22/h5-7,10,15H,8-9,11-12H2,1-4H3,(H,23,24)(H,25,27). The van der Waals surface area contributed by atoms with Gasteiger partial charge in [0.1, 0.15) is 5.60 Å². The van der Waals surface area contributed by atoms with Crippen LogP contribution in [0.2, 0.25) is 0 Å². The summed E-state index contributed by atoms with van der Waals surface area (Å²) >= 11 is 0. The Morgan fingerprint density at radius 1 is 1.32 bits per heavy atom. The van der Waals surface area contributed by atoms with E-state index in [4.69, 9.17) is 4.74 Å². The van der Waals surface area contributed by atoms with E-state index < -0.39 is 23.4 Å². The van der Waals surface area contributed by atoms with E-state index in [0.717, 1.165) is 18.6 Å². The first kappa shape index (κ1) is 21.8. The maximum atomic E-state index is 12.8. The van der Waals surface area contributed by atoms with Crippen molar-refractivity contribution < 1.29 is 22.7 Å². The SMILES string of the molecule is CN=C(NCc1cccc(C(F)(F)F)c1)N1CCC(NC(=O)OC(C)(C)C)C1. The molecule has 1 aliphatic rings. The zero-order chi connectivity index (χ0) is 20.9. The number of amides is 1. The largest absolute Gasteiger partial charge is 0.444 e. The van der Waals surface area contributed by atoms with Crippen LogP contribution < -0.4 is 10.6 Å². The highest BCUT2D eigenvalue weighted by molar-refractivity contribution is 5.80. The topological polar surface area (TPSA) is 66.0 Å². The minimum atomic E-state index is -4.37. The Balaban J connectivity index is 1.89. The van der Waals surface area contributed by atoms with Crippen molar-refractivity contribution in [2.24, 2.45) is 4.99 Å².